The first-order valence-corrected chi connectivity index (χ1v) is 9.17. The normalized spacial score (nSPS) is 11.1. The minimum Gasteiger partial charge on any atom is -0.326 e. The van der Waals surface area contributed by atoms with Crippen LogP contribution in [0.2, 0.25) is 0 Å². The number of rotatable bonds is 3. The predicted molar refractivity (Wildman–Crippen MR) is 116 cm³/mol. The summed E-state index contributed by atoms with van der Waals surface area (Å²) in [5.41, 5.74) is 3.43. The molecule has 0 bridgehead atoms. The Hall–Kier alpha value is -3.52. The number of aromatic nitrogens is 5. The van der Waals surface area contributed by atoms with E-state index in [1.165, 1.54) is 11.3 Å². The standard InChI is InChI=1S/C18H15N7S.C2H4/c1-19-15(20-2)14-9-11-6-7-13(22-16(11)25(14)3)18-24-23-17(26-18)12-5-4-8-21-10-12;1-2/h4-10H,1H2,2-3H3;1-2H2. The molecule has 4 rings (SSSR count). The predicted octanol–water partition coefficient (Wildman–Crippen LogP) is 4.03. The molecule has 0 aliphatic carbocycles. The van der Waals surface area contributed by atoms with Gasteiger partial charge in [0.25, 0.3) is 0 Å². The molecule has 0 amide bonds. The first kappa shape index (κ1) is 19.2. The van der Waals surface area contributed by atoms with Crippen LogP contribution in [-0.4, -0.2) is 44.3 Å². The van der Waals surface area contributed by atoms with Crippen LogP contribution in [0, 0.1) is 0 Å². The summed E-state index contributed by atoms with van der Waals surface area (Å²) in [5.74, 6) is 0.585. The van der Waals surface area contributed by atoms with Gasteiger partial charge in [0.15, 0.2) is 10.8 Å². The largest absolute Gasteiger partial charge is 0.326 e. The van der Waals surface area contributed by atoms with Gasteiger partial charge in [-0.1, -0.05) is 11.3 Å². The van der Waals surface area contributed by atoms with E-state index < -0.39 is 0 Å². The quantitative estimate of drug-likeness (QED) is 0.301. The van der Waals surface area contributed by atoms with Gasteiger partial charge in [-0.15, -0.1) is 23.4 Å². The van der Waals surface area contributed by atoms with Crippen LogP contribution < -0.4 is 0 Å². The van der Waals surface area contributed by atoms with Crippen molar-refractivity contribution in [2.75, 3.05) is 7.05 Å². The highest BCUT2D eigenvalue weighted by molar-refractivity contribution is 7.17. The van der Waals surface area contributed by atoms with Gasteiger partial charge in [-0.25, -0.2) is 9.98 Å². The lowest BCUT2D eigenvalue weighted by atomic mass is 10.3. The molecule has 0 N–H and O–H groups in total. The summed E-state index contributed by atoms with van der Waals surface area (Å²) >= 11 is 1.49. The van der Waals surface area contributed by atoms with Crippen LogP contribution in [0.25, 0.3) is 32.3 Å². The summed E-state index contributed by atoms with van der Waals surface area (Å²) < 4.78 is 1.96. The highest BCUT2D eigenvalue weighted by Crippen LogP contribution is 2.30. The van der Waals surface area contributed by atoms with Crippen LogP contribution in [0.3, 0.4) is 0 Å². The fraction of sp³-hybridized carbons (Fsp3) is 0.100. The fourth-order valence-electron chi connectivity index (χ4n) is 2.73. The van der Waals surface area contributed by atoms with E-state index in [0.29, 0.717) is 5.84 Å². The third kappa shape index (κ3) is 3.49. The monoisotopic (exact) mass is 389 g/mol. The molecule has 28 heavy (non-hydrogen) atoms. The van der Waals surface area contributed by atoms with Gasteiger partial charge in [0.1, 0.15) is 16.3 Å². The number of nitrogens with zero attached hydrogens (tertiary/aromatic N) is 7. The van der Waals surface area contributed by atoms with Gasteiger partial charge in [0.2, 0.25) is 0 Å². The molecule has 0 fully saturated rings. The number of aliphatic imine (C=N–C) groups is 2. The Balaban J connectivity index is 0.00000109. The molecule has 0 aliphatic rings. The van der Waals surface area contributed by atoms with Crippen LogP contribution >= 0.6 is 11.3 Å². The Morgan fingerprint density at radius 1 is 1.14 bits per heavy atom. The summed E-state index contributed by atoms with van der Waals surface area (Å²) in [7, 11) is 3.63. The number of fused-ring (bicyclic) bond motifs is 1. The zero-order valence-corrected chi connectivity index (χ0v) is 16.5. The Morgan fingerprint density at radius 3 is 2.61 bits per heavy atom. The van der Waals surface area contributed by atoms with Crippen molar-refractivity contribution in [2.24, 2.45) is 17.0 Å². The van der Waals surface area contributed by atoms with E-state index in [1.54, 1.807) is 19.4 Å². The molecule has 0 aromatic carbocycles. The summed E-state index contributed by atoms with van der Waals surface area (Å²) in [5, 5.41) is 11.1. The van der Waals surface area contributed by atoms with Gasteiger partial charge in [-0.3, -0.25) is 9.98 Å². The Bertz CT molecular complexity index is 1140. The van der Waals surface area contributed by atoms with Crippen LogP contribution in [0.15, 0.2) is 65.9 Å². The molecular formula is C20H19N7S. The zero-order chi connectivity index (χ0) is 20.1. The highest BCUT2D eigenvalue weighted by Gasteiger charge is 2.14. The molecule has 0 aliphatic heterocycles. The van der Waals surface area contributed by atoms with Crippen molar-refractivity contribution in [3.05, 3.63) is 61.6 Å². The minimum atomic E-state index is 0.585. The Kier molecular flexibility index (Phi) is 5.81. The first-order valence-electron chi connectivity index (χ1n) is 8.36. The van der Waals surface area contributed by atoms with E-state index in [9.17, 15) is 0 Å². The summed E-state index contributed by atoms with van der Waals surface area (Å²) in [6.07, 6.45) is 3.51. The third-order valence-electron chi connectivity index (χ3n) is 4.02. The van der Waals surface area contributed by atoms with Crippen molar-refractivity contribution in [1.29, 1.82) is 0 Å². The van der Waals surface area contributed by atoms with Crippen LogP contribution in [-0.2, 0) is 7.05 Å². The molecule has 0 saturated heterocycles. The maximum absolute atomic E-state index is 4.76. The van der Waals surface area contributed by atoms with Gasteiger partial charge in [-0.2, -0.15) is 0 Å². The molecule has 0 radical (unpaired) electrons. The van der Waals surface area contributed by atoms with Gasteiger partial charge < -0.3 is 4.57 Å². The van der Waals surface area contributed by atoms with E-state index in [2.05, 4.69) is 45.0 Å². The highest BCUT2D eigenvalue weighted by atomic mass is 32.1. The molecule has 8 heteroatoms. The topological polar surface area (TPSA) is 81.2 Å². The zero-order valence-electron chi connectivity index (χ0n) is 15.7. The average molecular weight is 389 g/mol. The van der Waals surface area contributed by atoms with Crippen molar-refractivity contribution in [2.45, 2.75) is 0 Å². The van der Waals surface area contributed by atoms with E-state index in [0.717, 1.165) is 38.0 Å². The lowest BCUT2D eigenvalue weighted by Gasteiger charge is -2.02. The molecule has 4 heterocycles. The molecular weight excluding hydrogens is 370 g/mol. The SMILES string of the molecule is C=C.C=NC(=NC)c1cc2ccc(-c3nnc(-c4cccnc4)s3)nc2n1C. The first-order chi connectivity index (χ1) is 13.7. The molecule has 0 saturated carbocycles. The molecule has 0 unspecified atom stereocenters. The number of aryl methyl sites for hydroxylation is 1. The van der Waals surface area contributed by atoms with Crippen molar-refractivity contribution < 1.29 is 0 Å². The lowest BCUT2D eigenvalue weighted by Crippen LogP contribution is -2.04. The van der Waals surface area contributed by atoms with Gasteiger partial charge >= 0.3 is 0 Å². The molecule has 140 valence electrons. The van der Waals surface area contributed by atoms with Gasteiger partial charge in [0, 0.05) is 37.4 Å². The van der Waals surface area contributed by atoms with Crippen molar-refractivity contribution in [3.8, 4) is 21.3 Å². The van der Waals surface area contributed by atoms with Crippen molar-refractivity contribution in [1.82, 2.24) is 24.7 Å². The smallest absolute Gasteiger partial charge is 0.170 e. The number of hydrogen-bond acceptors (Lipinski definition) is 6. The molecule has 4 aromatic rings. The van der Waals surface area contributed by atoms with E-state index in [-0.39, 0.29) is 0 Å². The van der Waals surface area contributed by atoms with Crippen molar-refractivity contribution >= 4 is 34.9 Å². The van der Waals surface area contributed by atoms with Crippen LogP contribution in [0.5, 0.6) is 0 Å². The minimum absolute atomic E-state index is 0.585. The maximum atomic E-state index is 4.76. The summed E-state index contributed by atoms with van der Waals surface area (Å²) in [6, 6.07) is 9.81. The van der Waals surface area contributed by atoms with E-state index in [1.807, 2.05) is 41.9 Å². The lowest BCUT2D eigenvalue weighted by molar-refractivity contribution is 0.932. The molecule has 4 aromatic heterocycles. The van der Waals surface area contributed by atoms with Crippen LogP contribution in [0.4, 0.5) is 0 Å². The number of pyridine rings is 2. The van der Waals surface area contributed by atoms with Crippen LogP contribution in [0.1, 0.15) is 5.69 Å². The number of hydrogen-bond donors (Lipinski definition) is 0. The third-order valence-corrected chi connectivity index (χ3v) is 5.01. The second-order valence-electron chi connectivity index (χ2n) is 5.56. The average Bonchev–Trinajstić information content (AvgIpc) is 3.37. The Labute approximate surface area is 166 Å². The maximum Gasteiger partial charge on any atom is 0.170 e. The fourth-order valence-corrected chi connectivity index (χ4v) is 3.53. The second-order valence-corrected chi connectivity index (χ2v) is 6.53. The Morgan fingerprint density at radius 2 is 1.93 bits per heavy atom. The van der Waals surface area contributed by atoms with Gasteiger partial charge in [-0.05, 0) is 37.0 Å². The molecule has 0 spiro atoms. The van der Waals surface area contributed by atoms with Gasteiger partial charge in [0.05, 0.1) is 5.69 Å². The van der Waals surface area contributed by atoms with Crippen molar-refractivity contribution in [3.63, 3.8) is 0 Å². The summed E-state index contributed by atoms with van der Waals surface area (Å²) in [6.45, 7) is 9.58. The molecule has 0 atom stereocenters. The second kappa shape index (κ2) is 8.45. The summed E-state index contributed by atoms with van der Waals surface area (Å²) in [4.78, 5) is 17.0. The van der Waals surface area contributed by atoms with E-state index >= 15 is 0 Å². The molecule has 7 nitrogen and oxygen atoms in total. The van der Waals surface area contributed by atoms with E-state index in [4.69, 9.17) is 4.98 Å². The number of amidine groups is 1.